The molecule has 1 aromatic carbocycles. The highest BCUT2D eigenvalue weighted by Gasteiger charge is 2.28. The maximum Gasteiger partial charge on any atom is 0.261 e. The third kappa shape index (κ3) is 3.25. The van der Waals surface area contributed by atoms with Crippen molar-refractivity contribution in [1.82, 2.24) is 14.8 Å². The molecular formula is C17H15ClN4O2S. The molecule has 128 valence electrons. The molecule has 8 heteroatoms. The molecule has 6 nitrogen and oxygen atoms in total. The number of rotatable bonds is 5. The lowest BCUT2D eigenvalue weighted by Crippen LogP contribution is -2.13. The summed E-state index contributed by atoms with van der Waals surface area (Å²) in [7, 11) is 1.52. The molecule has 0 saturated heterocycles. The Morgan fingerprint density at radius 2 is 2.08 bits per heavy atom. The largest absolute Gasteiger partial charge is 0.496 e. The number of anilines is 1. The predicted octanol–water partition coefficient (Wildman–Crippen LogP) is 4.12. The summed E-state index contributed by atoms with van der Waals surface area (Å²) in [6, 6.07) is 7.15. The summed E-state index contributed by atoms with van der Waals surface area (Å²) < 4.78 is 7.25. The third-order valence-electron chi connectivity index (χ3n) is 3.98. The van der Waals surface area contributed by atoms with Gasteiger partial charge in [-0.1, -0.05) is 22.9 Å². The molecule has 1 N–H and O–H groups in total. The second-order valence-electron chi connectivity index (χ2n) is 5.77. The average molecular weight is 375 g/mol. The summed E-state index contributed by atoms with van der Waals surface area (Å²) in [6.45, 7) is 0. The van der Waals surface area contributed by atoms with E-state index in [1.165, 1.54) is 18.4 Å². The minimum atomic E-state index is -0.323. The summed E-state index contributed by atoms with van der Waals surface area (Å²) in [6.07, 6.45) is 6.04. The quantitative estimate of drug-likeness (QED) is 0.729. The highest BCUT2D eigenvalue weighted by atomic mass is 35.5. The molecule has 2 heterocycles. The highest BCUT2D eigenvalue weighted by Crippen LogP contribution is 2.42. The fourth-order valence-electron chi connectivity index (χ4n) is 2.53. The van der Waals surface area contributed by atoms with Gasteiger partial charge in [0.2, 0.25) is 5.13 Å². The Kier molecular flexibility index (Phi) is 4.19. The minimum Gasteiger partial charge on any atom is -0.496 e. The van der Waals surface area contributed by atoms with Crippen LogP contribution in [-0.2, 0) is 0 Å². The summed E-state index contributed by atoms with van der Waals surface area (Å²) in [5.74, 6) is 0.627. The molecule has 0 atom stereocenters. The smallest absolute Gasteiger partial charge is 0.261 e. The van der Waals surface area contributed by atoms with E-state index in [0.717, 1.165) is 23.5 Å². The van der Waals surface area contributed by atoms with E-state index >= 15 is 0 Å². The maximum absolute atomic E-state index is 12.6. The van der Waals surface area contributed by atoms with Crippen molar-refractivity contribution in [3.05, 3.63) is 52.3 Å². The molecule has 25 heavy (non-hydrogen) atoms. The van der Waals surface area contributed by atoms with Gasteiger partial charge in [0.25, 0.3) is 5.91 Å². The number of nitrogens with one attached hydrogen (secondary N) is 1. The molecule has 1 aliphatic carbocycles. The Bertz CT molecular complexity index is 919. The molecule has 1 saturated carbocycles. The molecule has 4 rings (SSSR count). The maximum atomic E-state index is 12.6. The van der Waals surface area contributed by atoms with Crippen molar-refractivity contribution in [3.8, 4) is 11.4 Å². The minimum absolute atomic E-state index is 0.323. The van der Waals surface area contributed by atoms with E-state index in [1.807, 2.05) is 29.1 Å². The van der Waals surface area contributed by atoms with Crippen LogP contribution >= 0.6 is 22.9 Å². The number of hydrogen-bond donors (Lipinski definition) is 1. The predicted molar refractivity (Wildman–Crippen MR) is 97.2 cm³/mol. The first-order valence-electron chi connectivity index (χ1n) is 7.81. The van der Waals surface area contributed by atoms with Gasteiger partial charge in [-0.05, 0) is 31.0 Å². The van der Waals surface area contributed by atoms with Crippen LogP contribution in [-0.4, -0.2) is 27.8 Å². The van der Waals surface area contributed by atoms with Crippen molar-refractivity contribution < 1.29 is 9.53 Å². The number of aromatic nitrogens is 3. The van der Waals surface area contributed by atoms with Crippen LogP contribution in [0.15, 0.2) is 36.7 Å². The van der Waals surface area contributed by atoms with Crippen molar-refractivity contribution in [2.24, 2.45) is 0 Å². The number of ether oxygens (including phenoxy) is 1. The number of carbonyl (C=O) groups is 1. The lowest BCUT2D eigenvalue weighted by atomic mass is 10.1. The topological polar surface area (TPSA) is 69.0 Å². The van der Waals surface area contributed by atoms with Crippen LogP contribution in [0.3, 0.4) is 0 Å². The van der Waals surface area contributed by atoms with Crippen LogP contribution in [0.4, 0.5) is 5.13 Å². The fourth-order valence-corrected chi connectivity index (χ4v) is 3.70. The second-order valence-corrected chi connectivity index (χ2v) is 7.18. The van der Waals surface area contributed by atoms with Crippen LogP contribution in [0.2, 0.25) is 5.02 Å². The van der Waals surface area contributed by atoms with Gasteiger partial charge >= 0.3 is 0 Å². The Morgan fingerprint density at radius 3 is 2.76 bits per heavy atom. The van der Waals surface area contributed by atoms with Crippen LogP contribution in [0.1, 0.15) is 34.1 Å². The molecule has 3 aromatic rings. The lowest BCUT2D eigenvalue weighted by molar-refractivity contribution is 0.102. The van der Waals surface area contributed by atoms with Crippen LogP contribution in [0, 0.1) is 0 Å². The molecule has 1 fully saturated rings. The molecule has 0 radical (unpaired) electrons. The number of halogens is 1. The molecule has 0 bridgehead atoms. The van der Waals surface area contributed by atoms with Crippen molar-refractivity contribution in [2.75, 3.05) is 12.4 Å². The van der Waals surface area contributed by atoms with Gasteiger partial charge in [0, 0.05) is 24.4 Å². The van der Waals surface area contributed by atoms with Gasteiger partial charge in [-0.3, -0.25) is 10.1 Å². The van der Waals surface area contributed by atoms with Crippen molar-refractivity contribution in [3.63, 3.8) is 0 Å². The average Bonchev–Trinajstić information content (AvgIpc) is 3.12. The van der Waals surface area contributed by atoms with Gasteiger partial charge in [-0.25, -0.2) is 0 Å². The van der Waals surface area contributed by atoms with E-state index in [-0.39, 0.29) is 5.91 Å². The number of hydrogen-bond acceptors (Lipinski definition) is 5. The first kappa shape index (κ1) is 16.1. The number of amides is 1. The van der Waals surface area contributed by atoms with E-state index in [2.05, 4.69) is 15.5 Å². The summed E-state index contributed by atoms with van der Waals surface area (Å²) >= 11 is 7.78. The molecule has 1 aliphatic rings. The Morgan fingerprint density at radius 1 is 1.32 bits per heavy atom. The molecule has 0 spiro atoms. The van der Waals surface area contributed by atoms with Gasteiger partial charge in [0.05, 0.1) is 23.4 Å². The number of nitrogens with zero attached hydrogens (tertiary/aromatic N) is 3. The Labute approximate surface area is 153 Å². The van der Waals surface area contributed by atoms with E-state index in [0.29, 0.717) is 27.4 Å². The van der Waals surface area contributed by atoms with Crippen LogP contribution in [0.5, 0.6) is 5.75 Å². The first-order chi connectivity index (χ1) is 12.2. The summed E-state index contributed by atoms with van der Waals surface area (Å²) in [5.41, 5.74) is 1.10. The lowest BCUT2D eigenvalue weighted by Gasteiger charge is -2.13. The van der Waals surface area contributed by atoms with Gasteiger partial charge in [0.15, 0.2) is 0 Å². The number of methoxy groups -OCH3 is 1. The zero-order chi connectivity index (χ0) is 17.4. The van der Waals surface area contributed by atoms with Gasteiger partial charge in [-0.15, -0.1) is 10.2 Å². The monoisotopic (exact) mass is 374 g/mol. The van der Waals surface area contributed by atoms with Crippen molar-refractivity contribution in [1.29, 1.82) is 0 Å². The standard InChI is InChI=1S/C17H15ClN4O2S/c1-24-14-9-13(22-6-2-3-7-22)12(18)8-11(14)15(23)19-17-21-20-16(25-17)10-4-5-10/h2-3,6-10H,4-5H2,1H3,(H,19,21,23). The summed E-state index contributed by atoms with van der Waals surface area (Å²) in [5, 5.41) is 12.9. The van der Waals surface area contributed by atoms with Gasteiger partial charge < -0.3 is 9.30 Å². The molecule has 0 unspecified atom stereocenters. The molecule has 0 aliphatic heterocycles. The van der Waals surface area contributed by atoms with Crippen molar-refractivity contribution in [2.45, 2.75) is 18.8 Å². The molecule has 2 aromatic heterocycles. The van der Waals surface area contributed by atoms with Crippen molar-refractivity contribution >= 4 is 34.0 Å². The number of benzene rings is 1. The van der Waals surface area contributed by atoms with Gasteiger partial charge in [-0.2, -0.15) is 0 Å². The fraction of sp³-hybridized carbons (Fsp3) is 0.235. The molecule has 1 amide bonds. The van der Waals surface area contributed by atoms with E-state index < -0.39 is 0 Å². The van der Waals surface area contributed by atoms with E-state index in [4.69, 9.17) is 16.3 Å². The zero-order valence-corrected chi connectivity index (χ0v) is 15.0. The van der Waals surface area contributed by atoms with Crippen LogP contribution in [0.25, 0.3) is 5.69 Å². The first-order valence-corrected chi connectivity index (χ1v) is 9.01. The highest BCUT2D eigenvalue weighted by molar-refractivity contribution is 7.15. The Hall–Kier alpha value is -2.38. The SMILES string of the molecule is COc1cc(-n2cccc2)c(Cl)cc1C(=O)Nc1nnc(C2CC2)s1. The van der Waals surface area contributed by atoms with Gasteiger partial charge in [0.1, 0.15) is 10.8 Å². The normalized spacial score (nSPS) is 13.7. The Balaban J connectivity index is 1.61. The van der Waals surface area contributed by atoms with E-state index in [9.17, 15) is 4.79 Å². The van der Waals surface area contributed by atoms with Crippen LogP contribution < -0.4 is 10.1 Å². The third-order valence-corrected chi connectivity index (χ3v) is 5.29. The number of carbonyl (C=O) groups excluding carboxylic acids is 1. The second kappa shape index (κ2) is 6.50. The van der Waals surface area contributed by atoms with E-state index in [1.54, 1.807) is 12.1 Å². The summed E-state index contributed by atoms with van der Waals surface area (Å²) in [4.78, 5) is 12.6. The zero-order valence-electron chi connectivity index (χ0n) is 13.4. The molecular weight excluding hydrogens is 360 g/mol.